The van der Waals surface area contributed by atoms with Crippen LogP contribution in [0.4, 0.5) is 0 Å². The third kappa shape index (κ3) is 1.69. The summed E-state index contributed by atoms with van der Waals surface area (Å²) in [6, 6.07) is 0.444. The smallest absolute Gasteiger partial charge is 0.0569 e. The summed E-state index contributed by atoms with van der Waals surface area (Å²) >= 11 is 0. The first-order chi connectivity index (χ1) is 4.86. The Labute approximate surface area is 62.9 Å². The van der Waals surface area contributed by atoms with Crippen molar-refractivity contribution in [2.24, 2.45) is 4.99 Å². The third-order valence-corrected chi connectivity index (χ3v) is 1.73. The van der Waals surface area contributed by atoms with Crippen LogP contribution in [0.15, 0.2) is 17.1 Å². The van der Waals surface area contributed by atoms with Gasteiger partial charge >= 0.3 is 0 Å². The lowest BCUT2D eigenvalue weighted by Gasteiger charge is -2.12. The van der Waals surface area contributed by atoms with Crippen LogP contribution in [0.2, 0.25) is 0 Å². The Morgan fingerprint density at radius 2 is 2.30 bits per heavy atom. The van der Waals surface area contributed by atoms with Crippen LogP contribution in [0.25, 0.3) is 0 Å². The van der Waals surface area contributed by atoms with Gasteiger partial charge in [-0.15, -0.1) is 0 Å². The standard InChI is InChI=1S/C9H14N/c1-3-8-6-5-7-9(4-2)10-8/h5-8H,3-4H2,1-2H3. The van der Waals surface area contributed by atoms with Gasteiger partial charge in [0.05, 0.1) is 6.04 Å². The minimum absolute atomic E-state index is 0.444. The lowest BCUT2D eigenvalue weighted by Crippen LogP contribution is -2.10. The van der Waals surface area contributed by atoms with E-state index in [1.165, 1.54) is 5.71 Å². The van der Waals surface area contributed by atoms with Gasteiger partial charge in [-0.25, -0.2) is 0 Å². The minimum Gasteiger partial charge on any atom is -0.286 e. The third-order valence-electron chi connectivity index (χ3n) is 1.73. The van der Waals surface area contributed by atoms with Crippen LogP contribution < -0.4 is 0 Å². The molecule has 1 unspecified atom stereocenters. The zero-order chi connectivity index (χ0) is 7.40. The van der Waals surface area contributed by atoms with Gasteiger partial charge < -0.3 is 0 Å². The van der Waals surface area contributed by atoms with Crippen molar-refractivity contribution in [2.45, 2.75) is 32.7 Å². The molecule has 0 fully saturated rings. The molecule has 1 rings (SSSR count). The van der Waals surface area contributed by atoms with E-state index in [-0.39, 0.29) is 0 Å². The molecule has 0 aromatic carbocycles. The maximum absolute atomic E-state index is 4.49. The van der Waals surface area contributed by atoms with Crippen molar-refractivity contribution < 1.29 is 0 Å². The van der Waals surface area contributed by atoms with Gasteiger partial charge in [-0.05, 0) is 18.9 Å². The maximum atomic E-state index is 4.49. The molecule has 0 amide bonds. The molecule has 1 atom stereocenters. The second-order valence-corrected chi connectivity index (χ2v) is 2.50. The van der Waals surface area contributed by atoms with E-state index in [1.807, 2.05) is 0 Å². The largest absolute Gasteiger partial charge is 0.286 e. The number of hydrogen-bond donors (Lipinski definition) is 0. The second-order valence-electron chi connectivity index (χ2n) is 2.50. The van der Waals surface area contributed by atoms with Crippen LogP contribution in [0, 0.1) is 6.42 Å². The Bertz CT molecular complexity index is 156. The van der Waals surface area contributed by atoms with E-state index in [4.69, 9.17) is 0 Å². The van der Waals surface area contributed by atoms with Crippen LogP contribution in [0.5, 0.6) is 0 Å². The molecule has 0 spiro atoms. The van der Waals surface area contributed by atoms with E-state index in [1.54, 1.807) is 0 Å². The second kappa shape index (κ2) is 3.55. The van der Waals surface area contributed by atoms with Crippen molar-refractivity contribution in [1.82, 2.24) is 0 Å². The highest BCUT2D eigenvalue weighted by molar-refractivity contribution is 5.95. The normalized spacial score (nSPS) is 24.6. The summed E-state index contributed by atoms with van der Waals surface area (Å²) in [5.41, 5.74) is 1.23. The van der Waals surface area contributed by atoms with Crippen LogP contribution in [0.1, 0.15) is 26.7 Å². The van der Waals surface area contributed by atoms with Crippen LogP contribution in [-0.2, 0) is 0 Å². The highest BCUT2D eigenvalue weighted by Gasteiger charge is 2.06. The molecule has 1 nitrogen and oxygen atoms in total. The predicted octanol–water partition coefficient (Wildman–Crippen LogP) is 2.39. The van der Waals surface area contributed by atoms with Crippen molar-refractivity contribution in [2.75, 3.05) is 0 Å². The summed E-state index contributed by atoms with van der Waals surface area (Å²) in [5, 5.41) is 0. The molecule has 0 saturated heterocycles. The first-order valence-corrected chi connectivity index (χ1v) is 3.95. The topological polar surface area (TPSA) is 12.4 Å². The molecular weight excluding hydrogens is 122 g/mol. The molecule has 1 heterocycles. The molecule has 1 aliphatic rings. The number of hydrogen-bond acceptors (Lipinski definition) is 1. The maximum Gasteiger partial charge on any atom is 0.0569 e. The van der Waals surface area contributed by atoms with E-state index in [2.05, 4.69) is 37.4 Å². The Hall–Kier alpha value is -0.590. The Morgan fingerprint density at radius 3 is 2.90 bits per heavy atom. The molecule has 0 aromatic heterocycles. The number of nitrogens with zero attached hydrogens (tertiary/aromatic N) is 1. The molecule has 0 aliphatic carbocycles. The molecule has 0 bridgehead atoms. The average Bonchev–Trinajstić information content (AvgIpc) is 2.05. The number of aliphatic imine (C=N–C) groups is 1. The van der Waals surface area contributed by atoms with Crippen molar-refractivity contribution in [3.8, 4) is 0 Å². The molecule has 10 heavy (non-hydrogen) atoms. The molecule has 55 valence electrons. The van der Waals surface area contributed by atoms with E-state index in [0.29, 0.717) is 6.04 Å². The van der Waals surface area contributed by atoms with Gasteiger partial charge in [0.15, 0.2) is 0 Å². The summed E-state index contributed by atoms with van der Waals surface area (Å²) in [6.45, 7) is 4.30. The first-order valence-electron chi connectivity index (χ1n) is 3.95. The molecule has 0 N–H and O–H groups in total. The molecule has 1 aliphatic heterocycles. The Kier molecular flexibility index (Phi) is 2.67. The molecule has 0 aromatic rings. The zero-order valence-corrected chi connectivity index (χ0v) is 6.67. The first kappa shape index (κ1) is 7.52. The summed E-state index contributed by atoms with van der Waals surface area (Å²) in [6.07, 6.45) is 8.53. The van der Waals surface area contributed by atoms with E-state index < -0.39 is 0 Å². The van der Waals surface area contributed by atoms with E-state index >= 15 is 0 Å². The fourth-order valence-electron chi connectivity index (χ4n) is 1.03. The van der Waals surface area contributed by atoms with Gasteiger partial charge in [0.1, 0.15) is 0 Å². The monoisotopic (exact) mass is 136 g/mol. The number of allylic oxidation sites excluding steroid dienone is 1. The van der Waals surface area contributed by atoms with Crippen molar-refractivity contribution in [3.05, 3.63) is 18.6 Å². The van der Waals surface area contributed by atoms with Gasteiger partial charge in [0.2, 0.25) is 0 Å². The van der Waals surface area contributed by atoms with Crippen LogP contribution in [0.3, 0.4) is 0 Å². The van der Waals surface area contributed by atoms with Crippen LogP contribution >= 0.6 is 0 Å². The zero-order valence-electron chi connectivity index (χ0n) is 6.67. The summed E-state index contributed by atoms with van der Waals surface area (Å²) < 4.78 is 0. The van der Waals surface area contributed by atoms with E-state index in [9.17, 15) is 0 Å². The van der Waals surface area contributed by atoms with Crippen molar-refractivity contribution in [1.29, 1.82) is 0 Å². The molecule has 1 radical (unpaired) electrons. The highest BCUT2D eigenvalue weighted by Crippen LogP contribution is 2.09. The quantitative estimate of drug-likeness (QED) is 0.552. The summed E-state index contributed by atoms with van der Waals surface area (Å²) in [7, 11) is 0. The summed E-state index contributed by atoms with van der Waals surface area (Å²) in [4.78, 5) is 4.49. The van der Waals surface area contributed by atoms with Gasteiger partial charge in [0.25, 0.3) is 0 Å². The fraction of sp³-hybridized carbons (Fsp3) is 0.556. The van der Waals surface area contributed by atoms with Crippen molar-refractivity contribution in [3.63, 3.8) is 0 Å². The van der Waals surface area contributed by atoms with Crippen molar-refractivity contribution >= 4 is 5.71 Å². The molecule has 1 heteroatoms. The van der Waals surface area contributed by atoms with E-state index in [0.717, 1.165) is 12.8 Å². The fourth-order valence-corrected chi connectivity index (χ4v) is 1.03. The summed E-state index contributed by atoms with van der Waals surface area (Å²) in [5.74, 6) is 0. The predicted molar refractivity (Wildman–Crippen MR) is 45.2 cm³/mol. The van der Waals surface area contributed by atoms with Gasteiger partial charge in [-0.2, -0.15) is 0 Å². The average molecular weight is 136 g/mol. The SMILES string of the molecule is CCC1=NC(CC)[CH]C=C1. The molecule has 0 saturated carbocycles. The Balaban J connectivity index is 2.56. The van der Waals surface area contributed by atoms with Gasteiger partial charge in [-0.1, -0.05) is 19.9 Å². The molecular formula is C9H14N. The number of dihydropyridines is 1. The number of rotatable bonds is 2. The minimum atomic E-state index is 0.444. The lowest BCUT2D eigenvalue weighted by atomic mass is 10.1. The Morgan fingerprint density at radius 1 is 1.50 bits per heavy atom. The van der Waals surface area contributed by atoms with Gasteiger partial charge in [0, 0.05) is 12.1 Å². The lowest BCUT2D eigenvalue weighted by molar-refractivity contribution is 0.745. The van der Waals surface area contributed by atoms with Crippen LogP contribution in [-0.4, -0.2) is 11.8 Å². The van der Waals surface area contributed by atoms with Gasteiger partial charge in [-0.3, -0.25) is 4.99 Å². The highest BCUT2D eigenvalue weighted by atomic mass is 14.8.